The first kappa shape index (κ1) is 15.8. The molecule has 132 valence electrons. The number of benzene rings is 1. The number of amides is 1. The molecule has 1 aliphatic carbocycles. The molecule has 2 aliphatic rings. The Bertz CT molecular complexity index is 1010. The second-order valence-electron chi connectivity index (χ2n) is 7.05. The maximum Gasteiger partial charge on any atom is 0.238 e. The predicted molar refractivity (Wildman–Crippen MR) is 99.4 cm³/mol. The highest BCUT2D eigenvalue weighted by Gasteiger charge is 2.35. The van der Waals surface area contributed by atoms with Gasteiger partial charge in [0.2, 0.25) is 5.91 Å². The van der Waals surface area contributed by atoms with E-state index >= 15 is 0 Å². The highest BCUT2D eigenvalue weighted by Crippen LogP contribution is 2.40. The summed E-state index contributed by atoms with van der Waals surface area (Å²) in [5.74, 6) is -0.578. The van der Waals surface area contributed by atoms with Crippen LogP contribution in [-0.2, 0) is 4.79 Å². The first-order chi connectivity index (χ1) is 12.7. The van der Waals surface area contributed by atoms with E-state index in [9.17, 15) is 4.79 Å². The van der Waals surface area contributed by atoms with Crippen LogP contribution in [0.5, 0.6) is 0 Å². The molecule has 1 saturated carbocycles. The van der Waals surface area contributed by atoms with E-state index < -0.39 is 5.92 Å². The van der Waals surface area contributed by atoms with Crippen LogP contribution >= 0.6 is 11.6 Å². The Morgan fingerprint density at radius 3 is 2.85 bits per heavy atom. The fourth-order valence-electron chi connectivity index (χ4n) is 4.14. The Balaban J connectivity index is 1.62. The van der Waals surface area contributed by atoms with Crippen molar-refractivity contribution >= 4 is 34.2 Å². The topological polar surface area (TPSA) is 72.7 Å². The zero-order chi connectivity index (χ0) is 17.7. The fraction of sp³-hybridized carbons (Fsp3) is 0.368. The number of fused-ring (bicyclic) bond motifs is 2. The number of halogens is 1. The molecule has 2 aromatic heterocycles. The number of hydrogen-bond donors (Lipinski definition) is 1. The summed E-state index contributed by atoms with van der Waals surface area (Å²) in [4.78, 5) is 21.4. The normalized spacial score (nSPS) is 20.3. The molecule has 1 amide bonds. The number of anilines is 1. The number of nitrogens with one attached hydrogen (secondary N) is 1. The minimum absolute atomic E-state index is 0.0901. The van der Waals surface area contributed by atoms with Crippen LogP contribution in [0.25, 0.3) is 11.0 Å². The molecular formula is C19H18ClN5O. The van der Waals surface area contributed by atoms with Crippen LogP contribution in [0.4, 0.5) is 5.69 Å². The van der Waals surface area contributed by atoms with Gasteiger partial charge in [-0.05, 0) is 36.6 Å². The standard InChI is InChI=1S/C19H18ClN5O/c20-11-6-7-15-13(8-11)16(19(26)23-15)17-14-9-25(12-4-2-1-3-5-12)24-18(14)22-10-21-17/h6-10,12,16H,1-5H2,(H,23,26). The van der Waals surface area contributed by atoms with Gasteiger partial charge < -0.3 is 5.32 Å². The van der Waals surface area contributed by atoms with Gasteiger partial charge >= 0.3 is 0 Å². The van der Waals surface area contributed by atoms with Crippen molar-refractivity contribution in [1.29, 1.82) is 0 Å². The van der Waals surface area contributed by atoms with Crippen molar-refractivity contribution in [2.45, 2.75) is 44.1 Å². The van der Waals surface area contributed by atoms with Crippen molar-refractivity contribution in [3.05, 3.63) is 47.0 Å². The molecular weight excluding hydrogens is 350 g/mol. The summed E-state index contributed by atoms with van der Waals surface area (Å²) in [6, 6.07) is 5.85. The lowest BCUT2D eigenvalue weighted by atomic mass is 9.95. The fourth-order valence-corrected chi connectivity index (χ4v) is 4.32. The van der Waals surface area contributed by atoms with Crippen molar-refractivity contribution in [3.8, 4) is 0 Å². The molecule has 3 aromatic rings. The average Bonchev–Trinajstić information content (AvgIpc) is 3.23. The van der Waals surface area contributed by atoms with Crippen LogP contribution in [0.15, 0.2) is 30.7 Å². The summed E-state index contributed by atoms with van der Waals surface area (Å²) in [7, 11) is 0. The van der Waals surface area contributed by atoms with E-state index in [0.29, 0.717) is 22.4 Å². The number of aromatic nitrogens is 4. The SMILES string of the molecule is O=C1Nc2ccc(Cl)cc2C1c1ncnc2nn(C3CCCCC3)cc12. The van der Waals surface area contributed by atoms with Gasteiger partial charge in [-0.3, -0.25) is 9.48 Å². The summed E-state index contributed by atoms with van der Waals surface area (Å²) < 4.78 is 2.02. The van der Waals surface area contributed by atoms with Crippen LogP contribution < -0.4 is 5.32 Å². The van der Waals surface area contributed by atoms with Gasteiger partial charge in [0.05, 0.1) is 17.1 Å². The molecule has 1 unspecified atom stereocenters. The summed E-state index contributed by atoms with van der Waals surface area (Å²) in [6.07, 6.45) is 9.54. The summed E-state index contributed by atoms with van der Waals surface area (Å²) in [6.45, 7) is 0. The minimum atomic E-state index is -0.488. The lowest BCUT2D eigenvalue weighted by Gasteiger charge is -2.21. The number of carbonyl (C=O) groups is 1. The Labute approximate surface area is 155 Å². The van der Waals surface area contributed by atoms with Crippen LogP contribution in [0.2, 0.25) is 5.02 Å². The lowest BCUT2D eigenvalue weighted by molar-refractivity contribution is -0.116. The molecule has 1 aromatic carbocycles. The highest BCUT2D eigenvalue weighted by atomic mass is 35.5. The van der Waals surface area contributed by atoms with Gasteiger partial charge in [-0.25, -0.2) is 9.97 Å². The van der Waals surface area contributed by atoms with Crippen molar-refractivity contribution in [2.75, 3.05) is 5.32 Å². The molecule has 1 atom stereocenters. The van der Waals surface area contributed by atoms with Gasteiger partial charge in [0.25, 0.3) is 0 Å². The molecule has 1 fully saturated rings. The van der Waals surface area contributed by atoms with E-state index in [4.69, 9.17) is 11.6 Å². The smallest absolute Gasteiger partial charge is 0.238 e. The van der Waals surface area contributed by atoms with E-state index in [1.54, 1.807) is 6.07 Å². The first-order valence-corrected chi connectivity index (χ1v) is 9.38. The number of carbonyl (C=O) groups excluding carboxylic acids is 1. The van der Waals surface area contributed by atoms with Crippen molar-refractivity contribution in [3.63, 3.8) is 0 Å². The Kier molecular flexibility index (Phi) is 3.67. The highest BCUT2D eigenvalue weighted by molar-refractivity contribution is 6.31. The van der Waals surface area contributed by atoms with Gasteiger partial charge in [-0.2, -0.15) is 5.10 Å². The molecule has 0 saturated heterocycles. The second kappa shape index (κ2) is 6.06. The van der Waals surface area contributed by atoms with Gasteiger partial charge in [0, 0.05) is 16.9 Å². The van der Waals surface area contributed by atoms with Gasteiger partial charge in [0.15, 0.2) is 5.65 Å². The lowest BCUT2D eigenvalue weighted by Crippen LogP contribution is -2.15. The zero-order valence-corrected chi connectivity index (χ0v) is 14.9. The number of nitrogens with zero attached hydrogens (tertiary/aromatic N) is 4. The van der Waals surface area contributed by atoms with E-state index in [1.807, 2.05) is 23.0 Å². The number of hydrogen-bond acceptors (Lipinski definition) is 4. The summed E-state index contributed by atoms with van der Waals surface area (Å²) in [5.41, 5.74) is 2.98. The largest absolute Gasteiger partial charge is 0.325 e. The molecule has 26 heavy (non-hydrogen) atoms. The van der Waals surface area contributed by atoms with Gasteiger partial charge in [-0.15, -0.1) is 0 Å². The van der Waals surface area contributed by atoms with Gasteiger partial charge in [0.1, 0.15) is 12.2 Å². The molecule has 1 aliphatic heterocycles. The molecule has 6 nitrogen and oxygen atoms in total. The third kappa shape index (κ3) is 2.48. The Morgan fingerprint density at radius 1 is 1.15 bits per heavy atom. The molecule has 0 spiro atoms. The van der Waals surface area contributed by atoms with Crippen LogP contribution in [0.3, 0.4) is 0 Å². The van der Waals surface area contributed by atoms with E-state index in [-0.39, 0.29) is 5.91 Å². The molecule has 3 heterocycles. The number of rotatable bonds is 2. The third-order valence-corrected chi connectivity index (χ3v) is 5.67. The van der Waals surface area contributed by atoms with E-state index in [2.05, 4.69) is 20.4 Å². The maximum atomic E-state index is 12.7. The quantitative estimate of drug-likeness (QED) is 0.741. The third-order valence-electron chi connectivity index (χ3n) is 5.43. The van der Waals surface area contributed by atoms with Crippen molar-refractivity contribution in [1.82, 2.24) is 19.7 Å². The molecule has 7 heteroatoms. The van der Waals surface area contributed by atoms with E-state index in [1.165, 1.54) is 25.6 Å². The van der Waals surface area contributed by atoms with E-state index in [0.717, 1.165) is 29.5 Å². The molecule has 0 bridgehead atoms. The second-order valence-corrected chi connectivity index (χ2v) is 7.49. The van der Waals surface area contributed by atoms with Gasteiger partial charge in [-0.1, -0.05) is 30.9 Å². The first-order valence-electron chi connectivity index (χ1n) is 9.01. The average molecular weight is 368 g/mol. The molecule has 1 N–H and O–H groups in total. The predicted octanol–water partition coefficient (Wildman–Crippen LogP) is 4.07. The minimum Gasteiger partial charge on any atom is -0.325 e. The summed E-state index contributed by atoms with van der Waals surface area (Å²) in [5, 5.41) is 9.04. The Hall–Kier alpha value is -2.47. The Morgan fingerprint density at radius 2 is 2.00 bits per heavy atom. The van der Waals surface area contributed by atoms with Crippen molar-refractivity contribution < 1.29 is 4.79 Å². The molecule has 0 radical (unpaired) electrons. The van der Waals surface area contributed by atoms with Crippen molar-refractivity contribution in [2.24, 2.45) is 0 Å². The monoisotopic (exact) mass is 367 g/mol. The summed E-state index contributed by atoms with van der Waals surface area (Å²) >= 11 is 6.16. The van der Waals surface area contributed by atoms with Crippen LogP contribution in [-0.4, -0.2) is 25.7 Å². The van der Waals surface area contributed by atoms with Crippen LogP contribution in [0.1, 0.15) is 55.3 Å². The molecule has 5 rings (SSSR count). The van der Waals surface area contributed by atoms with Crippen LogP contribution in [0, 0.1) is 0 Å². The maximum absolute atomic E-state index is 12.7. The zero-order valence-electron chi connectivity index (χ0n) is 14.2.